The number of allylic oxidation sites excluding steroid dienone is 1. The van der Waals surface area contributed by atoms with Gasteiger partial charge >= 0.3 is 5.97 Å². The van der Waals surface area contributed by atoms with E-state index in [4.69, 9.17) is 4.74 Å². The first-order valence-corrected chi connectivity index (χ1v) is 13.1. The van der Waals surface area contributed by atoms with Gasteiger partial charge in [0.15, 0.2) is 4.80 Å². The summed E-state index contributed by atoms with van der Waals surface area (Å²) in [6.07, 6.45) is 0. The molecule has 1 aromatic heterocycles. The van der Waals surface area contributed by atoms with Gasteiger partial charge in [-0.2, -0.15) is 0 Å². The molecule has 0 unspecified atom stereocenters. The molecule has 3 aromatic rings. The second kappa shape index (κ2) is 8.95. The van der Waals surface area contributed by atoms with Crippen LogP contribution in [0.5, 0.6) is 0 Å². The molecule has 0 aliphatic carbocycles. The highest BCUT2D eigenvalue weighted by Crippen LogP contribution is 2.35. The van der Waals surface area contributed by atoms with E-state index in [1.165, 1.54) is 15.9 Å². The van der Waals surface area contributed by atoms with Crippen molar-refractivity contribution in [2.75, 3.05) is 18.6 Å². The molecule has 0 spiro atoms. The molecule has 7 nitrogen and oxygen atoms in total. The first kappa shape index (κ1) is 24.9. The lowest BCUT2D eigenvalue weighted by Gasteiger charge is -2.26. The Morgan fingerprint density at radius 1 is 1.08 bits per heavy atom. The van der Waals surface area contributed by atoms with Crippen LogP contribution < -0.4 is 19.8 Å². The van der Waals surface area contributed by atoms with Crippen LogP contribution in [-0.2, 0) is 19.7 Å². The maximum absolute atomic E-state index is 14.1. The van der Waals surface area contributed by atoms with Crippen molar-refractivity contribution in [1.29, 1.82) is 0 Å². The van der Waals surface area contributed by atoms with Crippen LogP contribution in [0.4, 0.5) is 5.69 Å². The van der Waals surface area contributed by atoms with E-state index in [-0.39, 0.29) is 23.5 Å². The van der Waals surface area contributed by atoms with E-state index in [0.717, 1.165) is 16.8 Å². The number of ether oxygens (including phenoxy) is 1. The van der Waals surface area contributed by atoms with E-state index >= 15 is 0 Å². The van der Waals surface area contributed by atoms with E-state index in [2.05, 4.69) is 25.8 Å². The van der Waals surface area contributed by atoms with Crippen molar-refractivity contribution in [2.45, 2.75) is 46.1 Å². The van der Waals surface area contributed by atoms with E-state index < -0.39 is 12.0 Å². The van der Waals surface area contributed by atoms with Crippen LogP contribution in [0.2, 0.25) is 0 Å². The average Bonchev–Trinajstić information content (AvgIpc) is 3.30. The molecule has 0 radical (unpaired) electrons. The molecule has 0 fully saturated rings. The topological polar surface area (TPSA) is 81.0 Å². The van der Waals surface area contributed by atoms with Gasteiger partial charge in [0, 0.05) is 12.6 Å². The molecule has 2 aromatic carbocycles. The van der Waals surface area contributed by atoms with Crippen molar-refractivity contribution < 1.29 is 14.3 Å². The summed E-state index contributed by atoms with van der Waals surface area (Å²) < 4.78 is 7.23. The molecule has 2 aliphatic rings. The predicted octanol–water partition coefficient (Wildman–Crippen LogP) is 3.44. The van der Waals surface area contributed by atoms with Crippen LogP contribution in [0.1, 0.15) is 57.4 Å². The lowest BCUT2D eigenvalue weighted by atomic mass is 9.85. The van der Waals surface area contributed by atoms with E-state index in [1.807, 2.05) is 48.5 Å². The zero-order valence-corrected chi connectivity index (χ0v) is 22.6. The quantitative estimate of drug-likeness (QED) is 0.501. The van der Waals surface area contributed by atoms with Crippen LogP contribution in [0.25, 0.3) is 5.57 Å². The highest BCUT2D eigenvalue weighted by Gasteiger charge is 2.36. The van der Waals surface area contributed by atoms with Crippen LogP contribution in [0, 0.1) is 0 Å². The largest absolute Gasteiger partial charge is 0.463 e. The molecule has 190 valence electrons. The van der Waals surface area contributed by atoms with Gasteiger partial charge in [-0.05, 0) is 36.5 Å². The highest BCUT2D eigenvalue weighted by molar-refractivity contribution is 7.07. The normalized spacial score (nSPS) is 18.5. The number of hydrogen-bond donors (Lipinski definition) is 0. The number of nitrogens with zero attached hydrogens (tertiary/aromatic N) is 3. The Labute approximate surface area is 219 Å². The number of rotatable bonds is 3. The number of amides is 1. The third-order valence-electron chi connectivity index (χ3n) is 6.87. The van der Waals surface area contributed by atoms with Gasteiger partial charge in [-0.1, -0.05) is 74.6 Å². The second-order valence-corrected chi connectivity index (χ2v) is 11.2. The van der Waals surface area contributed by atoms with Gasteiger partial charge in [0.2, 0.25) is 0 Å². The Morgan fingerprint density at radius 2 is 1.76 bits per heavy atom. The fourth-order valence-electron chi connectivity index (χ4n) is 4.91. The van der Waals surface area contributed by atoms with Crippen molar-refractivity contribution in [3.63, 3.8) is 0 Å². The Bertz CT molecular complexity index is 1650. The second-order valence-electron chi connectivity index (χ2n) is 10.3. The minimum Gasteiger partial charge on any atom is -0.463 e. The first-order chi connectivity index (χ1) is 17.5. The fourth-order valence-corrected chi connectivity index (χ4v) is 6.05. The van der Waals surface area contributed by atoms with E-state index in [0.29, 0.717) is 31.7 Å². The van der Waals surface area contributed by atoms with Gasteiger partial charge in [0.1, 0.15) is 4.53 Å². The van der Waals surface area contributed by atoms with E-state index in [1.54, 1.807) is 25.8 Å². The molecule has 5 rings (SSSR count). The van der Waals surface area contributed by atoms with Crippen molar-refractivity contribution in [3.8, 4) is 0 Å². The van der Waals surface area contributed by atoms with Gasteiger partial charge in [0.25, 0.3) is 11.5 Å². The fraction of sp³-hybridized carbons (Fsp3) is 0.310. The average molecular weight is 516 g/mol. The summed E-state index contributed by atoms with van der Waals surface area (Å²) in [5, 5.41) is 0. The summed E-state index contributed by atoms with van der Waals surface area (Å²) in [7, 11) is 1.70. The SMILES string of the molecule is CCOC(=O)C1=C(C)N=c2s/c(=C3\C(=O)N(C)c4ccccc43)c(=O)n2[C@H]1c1ccc(C(C)(C)C)cc1. The number of carbonyl (C=O) groups excluding carboxylic acids is 2. The van der Waals surface area contributed by atoms with Crippen molar-refractivity contribution in [2.24, 2.45) is 4.99 Å². The molecule has 0 saturated carbocycles. The first-order valence-electron chi connectivity index (χ1n) is 12.2. The zero-order valence-electron chi connectivity index (χ0n) is 21.8. The van der Waals surface area contributed by atoms with Crippen LogP contribution in [0.3, 0.4) is 0 Å². The van der Waals surface area contributed by atoms with Gasteiger partial charge in [-0.25, -0.2) is 9.79 Å². The molecular formula is C29H29N3O4S. The van der Waals surface area contributed by atoms with Gasteiger partial charge in [-0.3, -0.25) is 14.2 Å². The molecule has 1 atom stereocenters. The third-order valence-corrected chi connectivity index (χ3v) is 7.92. The van der Waals surface area contributed by atoms with Gasteiger partial charge in [0.05, 0.1) is 35.2 Å². The number of thiazole rings is 1. The van der Waals surface area contributed by atoms with E-state index in [9.17, 15) is 14.4 Å². The van der Waals surface area contributed by atoms with Crippen LogP contribution in [0.15, 0.2) is 69.6 Å². The Balaban J connectivity index is 1.80. The summed E-state index contributed by atoms with van der Waals surface area (Å²) in [5.41, 5.74) is 4.17. The van der Waals surface area contributed by atoms with Crippen LogP contribution >= 0.6 is 11.3 Å². The maximum Gasteiger partial charge on any atom is 0.338 e. The summed E-state index contributed by atoms with van der Waals surface area (Å²) in [6, 6.07) is 14.7. The lowest BCUT2D eigenvalue weighted by molar-refractivity contribution is -0.139. The number of hydrogen-bond acceptors (Lipinski definition) is 6. The Morgan fingerprint density at radius 3 is 2.41 bits per heavy atom. The van der Waals surface area contributed by atoms with Crippen LogP contribution in [-0.4, -0.2) is 30.1 Å². The minimum atomic E-state index is -0.719. The number of benzene rings is 2. The summed E-state index contributed by atoms with van der Waals surface area (Å²) >= 11 is 1.18. The summed E-state index contributed by atoms with van der Waals surface area (Å²) in [6.45, 7) is 10.1. The number of esters is 1. The monoisotopic (exact) mass is 515 g/mol. The molecule has 3 heterocycles. The lowest BCUT2D eigenvalue weighted by Crippen LogP contribution is -2.40. The molecule has 0 bridgehead atoms. The summed E-state index contributed by atoms with van der Waals surface area (Å²) in [5.74, 6) is -0.743. The molecule has 8 heteroatoms. The molecule has 1 amide bonds. The maximum atomic E-state index is 14.1. The molecule has 0 N–H and O–H groups in total. The molecule has 0 saturated heterocycles. The van der Waals surface area contributed by atoms with Crippen molar-refractivity contribution >= 4 is 34.5 Å². The van der Waals surface area contributed by atoms with Gasteiger partial charge < -0.3 is 9.64 Å². The minimum absolute atomic E-state index is 0.0490. The predicted molar refractivity (Wildman–Crippen MR) is 144 cm³/mol. The van der Waals surface area contributed by atoms with Crippen molar-refractivity contribution in [1.82, 2.24) is 4.57 Å². The summed E-state index contributed by atoms with van der Waals surface area (Å²) in [4.78, 5) is 47.1. The zero-order chi connectivity index (χ0) is 26.6. The molecule has 2 aliphatic heterocycles. The highest BCUT2D eigenvalue weighted by atomic mass is 32.1. The number of fused-ring (bicyclic) bond motifs is 2. The third kappa shape index (κ3) is 3.96. The number of aromatic nitrogens is 1. The number of anilines is 1. The Kier molecular flexibility index (Phi) is 6.02. The smallest absolute Gasteiger partial charge is 0.338 e. The number of para-hydroxylation sites is 1. The van der Waals surface area contributed by atoms with Gasteiger partial charge in [-0.15, -0.1) is 0 Å². The molecular weight excluding hydrogens is 486 g/mol. The standard InChI is InChI=1S/C29H29N3O4S/c1-7-36-27(35)21-16(2)30-28-32(23(21)17-12-14-18(15-13-17)29(3,4)5)26(34)24(37-28)22-19-10-8-9-11-20(19)31(6)25(22)33/h8-15,23H,7H2,1-6H3/b24-22-/t23-/m0/s1. The van der Waals surface area contributed by atoms with Crippen molar-refractivity contribution in [3.05, 3.63) is 96.2 Å². The number of carbonyl (C=O) groups is 2. The molecule has 37 heavy (non-hydrogen) atoms. The number of likely N-dealkylation sites (N-methyl/N-ethyl adjacent to an activating group) is 1. The Hall–Kier alpha value is -3.78.